The normalized spacial score (nSPS) is 20.0. The monoisotopic (exact) mass is 324 g/mol. The van der Waals surface area contributed by atoms with Gasteiger partial charge in [-0.25, -0.2) is 0 Å². The van der Waals surface area contributed by atoms with Crippen molar-refractivity contribution in [3.8, 4) is 0 Å². The Labute approximate surface area is 141 Å². The van der Waals surface area contributed by atoms with E-state index in [0.29, 0.717) is 11.1 Å². The molecule has 0 bridgehead atoms. The third kappa shape index (κ3) is 2.95. The number of nitrogens with one attached hydrogen (secondary N) is 1. The molecule has 0 saturated carbocycles. The van der Waals surface area contributed by atoms with Gasteiger partial charge in [-0.3, -0.25) is 19.3 Å². The molecule has 0 spiro atoms. The molecule has 2 heterocycles. The van der Waals surface area contributed by atoms with E-state index in [-0.39, 0.29) is 11.7 Å². The highest BCUT2D eigenvalue weighted by molar-refractivity contribution is 6.34. The van der Waals surface area contributed by atoms with Crippen molar-refractivity contribution in [2.45, 2.75) is 18.9 Å². The molecule has 1 saturated heterocycles. The summed E-state index contributed by atoms with van der Waals surface area (Å²) < 4.78 is 0. The maximum Gasteiger partial charge on any atom is 0.262 e. The minimum absolute atomic E-state index is 0.0341. The van der Waals surface area contributed by atoms with Crippen LogP contribution in [-0.4, -0.2) is 41.6 Å². The smallest absolute Gasteiger partial charge is 0.262 e. The molecular formula is C19H20N2O3. The van der Waals surface area contributed by atoms with Gasteiger partial charge >= 0.3 is 0 Å². The Morgan fingerprint density at radius 2 is 1.88 bits per heavy atom. The molecule has 1 aromatic rings. The summed E-state index contributed by atoms with van der Waals surface area (Å²) in [5.74, 6) is -1.12. The van der Waals surface area contributed by atoms with E-state index in [4.69, 9.17) is 0 Å². The minimum atomic E-state index is -0.762. The van der Waals surface area contributed by atoms with Gasteiger partial charge in [0.05, 0.1) is 5.57 Å². The van der Waals surface area contributed by atoms with Crippen LogP contribution in [0, 0.1) is 5.92 Å². The summed E-state index contributed by atoms with van der Waals surface area (Å²) in [6, 6.07) is 8.29. The predicted octanol–water partition coefficient (Wildman–Crippen LogP) is 1.56. The molecule has 3 rings (SSSR count). The number of ketones is 1. The molecule has 1 atom stereocenters. The third-order valence-corrected chi connectivity index (χ3v) is 4.64. The first-order valence-electron chi connectivity index (χ1n) is 8.15. The zero-order valence-electron chi connectivity index (χ0n) is 13.4. The highest BCUT2D eigenvalue weighted by Crippen LogP contribution is 2.30. The molecule has 124 valence electrons. The molecule has 0 radical (unpaired) electrons. The third-order valence-electron chi connectivity index (χ3n) is 4.64. The van der Waals surface area contributed by atoms with Crippen molar-refractivity contribution in [1.82, 2.24) is 10.2 Å². The first-order chi connectivity index (χ1) is 11.6. The van der Waals surface area contributed by atoms with Crippen LogP contribution in [0.1, 0.15) is 18.4 Å². The average molecular weight is 324 g/mol. The summed E-state index contributed by atoms with van der Waals surface area (Å²) in [5, 5.41) is 3.24. The molecular weight excluding hydrogens is 304 g/mol. The lowest BCUT2D eigenvalue weighted by Crippen LogP contribution is -2.51. The first kappa shape index (κ1) is 16.3. The molecule has 2 aliphatic heterocycles. The van der Waals surface area contributed by atoms with Crippen molar-refractivity contribution in [3.63, 3.8) is 0 Å². The number of amides is 2. The number of nitrogens with zero attached hydrogens (tertiary/aromatic N) is 1. The number of rotatable bonds is 5. The van der Waals surface area contributed by atoms with Crippen molar-refractivity contribution in [2.24, 2.45) is 5.92 Å². The standard InChI is InChI=1S/C19H20N2O3/c1-2-16(22)18(14-8-10-20-11-9-14)21-17(23)12-15(19(21)24)13-6-4-3-5-7-13/h2-7,12,14,18,20H,1,8-11H2. The maximum atomic E-state index is 12.9. The summed E-state index contributed by atoms with van der Waals surface area (Å²) in [4.78, 5) is 38.9. The van der Waals surface area contributed by atoms with Crippen LogP contribution in [0.4, 0.5) is 0 Å². The van der Waals surface area contributed by atoms with Gasteiger partial charge in [-0.15, -0.1) is 0 Å². The van der Waals surface area contributed by atoms with E-state index >= 15 is 0 Å². The Bertz CT molecular complexity index is 703. The number of imide groups is 1. The summed E-state index contributed by atoms with van der Waals surface area (Å²) in [5.41, 5.74) is 1.03. The second-order valence-electron chi connectivity index (χ2n) is 6.08. The number of carbonyl (C=O) groups is 3. The van der Waals surface area contributed by atoms with E-state index in [0.717, 1.165) is 30.8 Å². The fourth-order valence-electron chi connectivity index (χ4n) is 3.42. The van der Waals surface area contributed by atoms with Crippen molar-refractivity contribution in [2.75, 3.05) is 13.1 Å². The quantitative estimate of drug-likeness (QED) is 0.659. The highest BCUT2D eigenvalue weighted by atomic mass is 16.2. The van der Waals surface area contributed by atoms with Crippen LogP contribution in [0.25, 0.3) is 5.57 Å². The van der Waals surface area contributed by atoms with Crippen LogP contribution >= 0.6 is 0 Å². The number of hydrogen-bond acceptors (Lipinski definition) is 4. The summed E-state index contributed by atoms with van der Waals surface area (Å²) in [6.45, 7) is 5.10. The predicted molar refractivity (Wildman–Crippen MR) is 90.9 cm³/mol. The first-order valence-corrected chi connectivity index (χ1v) is 8.15. The molecule has 24 heavy (non-hydrogen) atoms. The van der Waals surface area contributed by atoms with Gasteiger partial charge in [0.25, 0.3) is 11.8 Å². The van der Waals surface area contributed by atoms with Crippen LogP contribution in [0.15, 0.2) is 49.1 Å². The lowest BCUT2D eigenvalue weighted by molar-refractivity contribution is -0.145. The molecule has 0 aromatic heterocycles. The average Bonchev–Trinajstić information content (AvgIpc) is 2.92. The van der Waals surface area contributed by atoms with E-state index in [1.165, 1.54) is 12.2 Å². The zero-order chi connectivity index (χ0) is 17.1. The minimum Gasteiger partial charge on any atom is -0.317 e. The number of benzene rings is 1. The van der Waals surface area contributed by atoms with Crippen LogP contribution < -0.4 is 5.32 Å². The van der Waals surface area contributed by atoms with Crippen LogP contribution in [-0.2, 0) is 14.4 Å². The molecule has 2 aliphatic rings. The van der Waals surface area contributed by atoms with Crippen LogP contribution in [0.2, 0.25) is 0 Å². The lowest BCUT2D eigenvalue weighted by Gasteiger charge is -2.34. The van der Waals surface area contributed by atoms with E-state index in [1.807, 2.05) is 18.2 Å². The van der Waals surface area contributed by atoms with Gasteiger partial charge in [0, 0.05) is 6.08 Å². The number of carbonyl (C=O) groups excluding carboxylic acids is 3. The van der Waals surface area contributed by atoms with Crippen molar-refractivity contribution >= 4 is 23.2 Å². The van der Waals surface area contributed by atoms with E-state index in [1.54, 1.807) is 12.1 Å². The number of piperidine rings is 1. The topological polar surface area (TPSA) is 66.5 Å². The zero-order valence-corrected chi connectivity index (χ0v) is 13.4. The Kier molecular flexibility index (Phi) is 4.71. The Morgan fingerprint density at radius 3 is 2.50 bits per heavy atom. The molecule has 1 aromatic carbocycles. The summed E-state index contributed by atoms with van der Waals surface area (Å²) in [6.07, 6.45) is 4.06. The van der Waals surface area contributed by atoms with Crippen molar-refractivity contribution < 1.29 is 14.4 Å². The molecule has 1 unspecified atom stereocenters. The van der Waals surface area contributed by atoms with Crippen molar-refractivity contribution in [1.29, 1.82) is 0 Å². The van der Waals surface area contributed by atoms with Gasteiger partial charge in [0.1, 0.15) is 6.04 Å². The second kappa shape index (κ2) is 6.93. The van der Waals surface area contributed by atoms with Crippen LogP contribution in [0.5, 0.6) is 0 Å². The maximum absolute atomic E-state index is 12.9. The van der Waals surface area contributed by atoms with E-state index in [2.05, 4.69) is 11.9 Å². The fraction of sp³-hybridized carbons (Fsp3) is 0.316. The van der Waals surface area contributed by atoms with Gasteiger partial charge < -0.3 is 5.32 Å². The van der Waals surface area contributed by atoms with Gasteiger partial charge in [-0.05, 0) is 43.5 Å². The molecule has 1 fully saturated rings. The van der Waals surface area contributed by atoms with Gasteiger partial charge in [0.2, 0.25) is 0 Å². The van der Waals surface area contributed by atoms with E-state index in [9.17, 15) is 14.4 Å². The van der Waals surface area contributed by atoms with Crippen molar-refractivity contribution in [3.05, 3.63) is 54.6 Å². The number of hydrogen-bond donors (Lipinski definition) is 1. The highest BCUT2D eigenvalue weighted by Gasteiger charge is 2.43. The summed E-state index contributed by atoms with van der Waals surface area (Å²) >= 11 is 0. The molecule has 2 amide bonds. The molecule has 5 heteroatoms. The van der Waals surface area contributed by atoms with Gasteiger partial charge in [-0.2, -0.15) is 0 Å². The fourth-order valence-corrected chi connectivity index (χ4v) is 3.42. The van der Waals surface area contributed by atoms with Gasteiger partial charge in [-0.1, -0.05) is 36.9 Å². The second-order valence-corrected chi connectivity index (χ2v) is 6.08. The summed E-state index contributed by atoms with van der Waals surface area (Å²) in [7, 11) is 0. The van der Waals surface area contributed by atoms with E-state index < -0.39 is 17.9 Å². The van der Waals surface area contributed by atoms with Gasteiger partial charge in [0.15, 0.2) is 5.78 Å². The lowest BCUT2D eigenvalue weighted by atomic mass is 9.86. The Morgan fingerprint density at radius 1 is 1.21 bits per heavy atom. The van der Waals surface area contributed by atoms with Crippen LogP contribution in [0.3, 0.4) is 0 Å². The Hall–Kier alpha value is -2.53. The molecule has 1 N–H and O–H groups in total. The molecule has 0 aliphatic carbocycles. The Balaban J connectivity index is 1.92. The largest absolute Gasteiger partial charge is 0.317 e. The SMILES string of the molecule is C=CC(=O)C(C1CCNCC1)N1C(=O)C=C(c2ccccc2)C1=O. The molecule has 5 nitrogen and oxygen atoms in total.